The lowest BCUT2D eigenvalue weighted by atomic mass is 10.1. The molecule has 0 radical (unpaired) electrons. The molecule has 1 N–H and O–H groups in total. The molecule has 1 aliphatic heterocycles. The highest BCUT2D eigenvalue weighted by atomic mass is 16.5. The van der Waals surface area contributed by atoms with Crippen LogP contribution in [0.5, 0.6) is 0 Å². The zero-order valence-electron chi connectivity index (χ0n) is 11.6. The molecule has 1 saturated heterocycles. The van der Waals surface area contributed by atoms with Crippen LogP contribution in [0.1, 0.15) is 23.7 Å². The molecule has 1 fully saturated rings. The van der Waals surface area contributed by atoms with E-state index in [2.05, 4.69) is 18.3 Å². The summed E-state index contributed by atoms with van der Waals surface area (Å²) in [6, 6.07) is 9.54. The average molecular weight is 273 g/mol. The number of para-hydroxylation sites is 1. The summed E-state index contributed by atoms with van der Waals surface area (Å²) in [5.74, 6) is -0.0484. The van der Waals surface area contributed by atoms with E-state index in [4.69, 9.17) is 10.00 Å². The Morgan fingerprint density at radius 1 is 1.55 bits per heavy atom. The number of carbonyl (C=O) groups excluding carboxylic acids is 1. The van der Waals surface area contributed by atoms with Crippen molar-refractivity contribution in [2.45, 2.75) is 19.4 Å². The van der Waals surface area contributed by atoms with Gasteiger partial charge in [0.25, 0.3) is 5.91 Å². The van der Waals surface area contributed by atoms with Gasteiger partial charge in [-0.1, -0.05) is 19.1 Å². The van der Waals surface area contributed by atoms with Crippen LogP contribution in [0.2, 0.25) is 0 Å². The lowest BCUT2D eigenvalue weighted by Gasteiger charge is -2.30. The third kappa shape index (κ3) is 3.28. The number of hydrogen-bond donors (Lipinski definition) is 1. The highest BCUT2D eigenvalue weighted by Crippen LogP contribution is 2.18. The van der Waals surface area contributed by atoms with Crippen LogP contribution in [0.3, 0.4) is 0 Å². The minimum Gasteiger partial charge on any atom is -0.384 e. The molecule has 106 valence electrons. The molecular formula is C15H19N3O2. The van der Waals surface area contributed by atoms with Gasteiger partial charge in [-0.15, -0.1) is 0 Å². The maximum Gasteiger partial charge on any atom is 0.256 e. The second-order valence-corrected chi connectivity index (χ2v) is 4.71. The number of amides is 1. The average Bonchev–Trinajstić information content (AvgIpc) is 2.52. The summed E-state index contributed by atoms with van der Waals surface area (Å²) in [5.41, 5.74) is 1.50. The largest absolute Gasteiger partial charge is 0.384 e. The summed E-state index contributed by atoms with van der Waals surface area (Å²) >= 11 is 0. The van der Waals surface area contributed by atoms with Gasteiger partial charge in [0.1, 0.15) is 0 Å². The van der Waals surface area contributed by atoms with E-state index in [1.54, 1.807) is 4.90 Å². The van der Waals surface area contributed by atoms with Gasteiger partial charge < -0.3 is 15.0 Å². The summed E-state index contributed by atoms with van der Waals surface area (Å²) in [4.78, 5) is 14.3. The Hall–Kier alpha value is -2.06. The molecule has 0 aromatic heterocycles. The summed E-state index contributed by atoms with van der Waals surface area (Å²) in [6.07, 6.45) is 0.472. The smallest absolute Gasteiger partial charge is 0.256 e. The fourth-order valence-electron chi connectivity index (χ4n) is 2.17. The number of carbonyl (C=O) groups is 1. The van der Waals surface area contributed by atoms with E-state index in [9.17, 15) is 4.79 Å². The first-order valence-electron chi connectivity index (χ1n) is 6.89. The molecule has 1 amide bonds. The SMILES string of the molecule is CCCNc1ccccc1C(=O)N1CCOC(C#N)C1. The molecule has 1 aromatic rings. The van der Waals surface area contributed by atoms with Crippen molar-refractivity contribution in [1.82, 2.24) is 4.90 Å². The van der Waals surface area contributed by atoms with Gasteiger partial charge in [-0.2, -0.15) is 5.26 Å². The molecule has 5 nitrogen and oxygen atoms in total. The Balaban J connectivity index is 2.14. The zero-order chi connectivity index (χ0) is 14.4. The number of nitrogens with zero attached hydrogens (tertiary/aromatic N) is 2. The van der Waals surface area contributed by atoms with Gasteiger partial charge in [0.05, 0.1) is 24.8 Å². The van der Waals surface area contributed by atoms with E-state index >= 15 is 0 Å². The molecule has 1 aliphatic rings. The van der Waals surface area contributed by atoms with Crippen LogP contribution < -0.4 is 5.32 Å². The van der Waals surface area contributed by atoms with Crippen molar-refractivity contribution >= 4 is 11.6 Å². The molecule has 5 heteroatoms. The number of morpholine rings is 1. The first-order valence-corrected chi connectivity index (χ1v) is 6.89. The number of nitrogens with one attached hydrogen (secondary N) is 1. The van der Waals surface area contributed by atoms with Gasteiger partial charge >= 0.3 is 0 Å². The fraction of sp³-hybridized carbons (Fsp3) is 0.467. The topological polar surface area (TPSA) is 65.4 Å². The molecule has 0 bridgehead atoms. The standard InChI is InChI=1S/C15H19N3O2/c1-2-7-17-14-6-4-3-5-13(14)15(19)18-8-9-20-12(10-16)11-18/h3-6,12,17H,2,7-9,11H2,1H3. The number of ether oxygens (including phenoxy) is 1. The van der Waals surface area contributed by atoms with E-state index in [1.165, 1.54) is 0 Å². The van der Waals surface area contributed by atoms with Crippen molar-refractivity contribution in [3.63, 3.8) is 0 Å². The third-order valence-corrected chi connectivity index (χ3v) is 3.22. The van der Waals surface area contributed by atoms with Gasteiger partial charge in [-0.05, 0) is 18.6 Å². The molecule has 1 aromatic carbocycles. The summed E-state index contributed by atoms with van der Waals surface area (Å²) < 4.78 is 5.27. The summed E-state index contributed by atoms with van der Waals surface area (Å²) in [5, 5.41) is 12.2. The fourth-order valence-corrected chi connectivity index (χ4v) is 2.17. The van der Waals surface area contributed by atoms with Crippen LogP contribution in [0.4, 0.5) is 5.69 Å². The Morgan fingerprint density at radius 3 is 3.10 bits per heavy atom. The van der Waals surface area contributed by atoms with Gasteiger partial charge in [-0.25, -0.2) is 0 Å². The second-order valence-electron chi connectivity index (χ2n) is 4.71. The quantitative estimate of drug-likeness (QED) is 0.909. The Bertz CT molecular complexity index is 510. The monoisotopic (exact) mass is 273 g/mol. The van der Waals surface area contributed by atoms with Crippen LogP contribution in [-0.2, 0) is 4.74 Å². The van der Waals surface area contributed by atoms with Crippen molar-refractivity contribution in [2.75, 3.05) is 31.6 Å². The van der Waals surface area contributed by atoms with Gasteiger partial charge in [0.2, 0.25) is 0 Å². The normalized spacial score (nSPS) is 18.4. The van der Waals surface area contributed by atoms with Crippen LogP contribution in [0.25, 0.3) is 0 Å². The molecule has 0 spiro atoms. The van der Waals surface area contributed by atoms with Crippen molar-refractivity contribution < 1.29 is 9.53 Å². The number of benzene rings is 1. The molecule has 2 rings (SSSR count). The van der Waals surface area contributed by atoms with E-state index in [0.717, 1.165) is 18.7 Å². The number of nitriles is 1. The maximum absolute atomic E-state index is 12.6. The van der Waals surface area contributed by atoms with Crippen molar-refractivity contribution in [3.05, 3.63) is 29.8 Å². The van der Waals surface area contributed by atoms with Crippen molar-refractivity contribution in [3.8, 4) is 6.07 Å². The molecule has 0 aliphatic carbocycles. The predicted octanol–water partition coefficient (Wildman–Crippen LogP) is 1.87. The predicted molar refractivity (Wildman–Crippen MR) is 76.5 cm³/mol. The summed E-state index contributed by atoms with van der Waals surface area (Å²) in [7, 11) is 0. The first kappa shape index (κ1) is 14.4. The number of anilines is 1. The van der Waals surface area contributed by atoms with Crippen LogP contribution in [-0.4, -0.2) is 43.2 Å². The van der Waals surface area contributed by atoms with Crippen LogP contribution in [0, 0.1) is 11.3 Å². The molecule has 1 atom stereocenters. The van der Waals surface area contributed by atoms with E-state index in [-0.39, 0.29) is 5.91 Å². The molecular weight excluding hydrogens is 254 g/mol. The highest BCUT2D eigenvalue weighted by Gasteiger charge is 2.25. The third-order valence-electron chi connectivity index (χ3n) is 3.22. The van der Waals surface area contributed by atoms with Gasteiger partial charge in [0.15, 0.2) is 6.10 Å². The van der Waals surface area contributed by atoms with E-state index in [1.807, 2.05) is 24.3 Å². The van der Waals surface area contributed by atoms with Gasteiger partial charge in [0, 0.05) is 18.8 Å². The number of hydrogen-bond acceptors (Lipinski definition) is 4. The summed E-state index contributed by atoms with van der Waals surface area (Å²) in [6.45, 7) is 4.18. The number of rotatable bonds is 4. The Kier molecular flexibility index (Phi) is 4.97. The van der Waals surface area contributed by atoms with E-state index in [0.29, 0.717) is 25.3 Å². The highest BCUT2D eigenvalue weighted by molar-refractivity contribution is 5.99. The Morgan fingerprint density at radius 2 is 2.35 bits per heavy atom. The lowest BCUT2D eigenvalue weighted by molar-refractivity contribution is 0.00351. The van der Waals surface area contributed by atoms with Crippen molar-refractivity contribution in [2.24, 2.45) is 0 Å². The minimum absolute atomic E-state index is 0.0484. The maximum atomic E-state index is 12.6. The molecule has 20 heavy (non-hydrogen) atoms. The Labute approximate surface area is 119 Å². The molecule has 0 saturated carbocycles. The first-order chi connectivity index (χ1) is 9.76. The minimum atomic E-state index is -0.525. The molecule has 1 unspecified atom stereocenters. The van der Waals surface area contributed by atoms with E-state index < -0.39 is 6.10 Å². The zero-order valence-corrected chi connectivity index (χ0v) is 11.6. The van der Waals surface area contributed by atoms with Crippen LogP contribution >= 0.6 is 0 Å². The van der Waals surface area contributed by atoms with Crippen molar-refractivity contribution in [1.29, 1.82) is 5.26 Å². The van der Waals surface area contributed by atoms with Gasteiger partial charge in [-0.3, -0.25) is 4.79 Å². The van der Waals surface area contributed by atoms with Crippen LogP contribution in [0.15, 0.2) is 24.3 Å². The lowest BCUT2D eigenvalue weighted by Crippen LogP contribution is -2.45. The molecule has 1 heterocycles. The second kappa shape index (κ2) is 6.92.